The fourth-order valence-electron chi connectivity index (χ4n) is 3.82. The van der Waals surface area contributed by atoms with E-state index in [2.05, 4.69) is 30.4 Å². The van der Waals surface area contributed by atoms with Crippen LogP contribution < -0.4 is 5.32 Å². The fourth-order valence-corrected chi connectivity index (χ4v) is 4.14. The minimum Gasteiger partial charge on any atom is -0.306 e. The van der Waals surface area contributed by atoms with E-state index in [-0.39, 0.29) is 18.0 Å². The van der Waals surface area contributed by atoms with E-state index in [9.17, 15) is 10.5 Å². The second-order valence-electron chi connectivity index (χ2n) is 7.60. The first kappa shape index (κ1) is 22.9. The van der Waals surface area contributed by atoms with Gasteiger partial charge in [-0.1, -0.05) is 59.6 Å². The van der Waals surface area contributed by atoms with Crippen molar-refractivity contribution in [2.45, 2.75) is 37.8 Å². The summed E-state index contributed by atoms with van der Waals surface area (Å²) in [5.41, 5.74) is 3.85. The molecule has 3 atom stereocenters. The molecule has 0 radical (unpaired) electrons. The smallest absolute Gasteiger partial charge is 0.0991 e. The van der Waals surface area contributed by atoms with Gasteiger partial charge in [-0.15, -0.1) is 0 Å². The first-order chi connectivity index (χ1) is 15.0. The van der Waals surface area contributed by atoms with Gasteiger partial charge in [0.05, 0.1) is 24.1 Å². The van der Waals surface area contributed by atoms with E-state index in [1.807, 2.05) is 66.7 Å². The van der Waals surface area contributed by atoms with E-state index in [0.717, 1.165) is 23.1 Å². The molecule has 0 spiro atoms. The molecule has 0 bridgehead atoms. The first-order valence-corrected chi connectivity index (χ1v) is 10.9. The summed E-state index contributed by atoms with van der Waals surface area (Å²) in [6, 6.07) is 27.6. The van der Waals surface area contributed by atoms with Crippen LogP contribution in [-0.4, -0.2) is 6.04 Å². The molecule has 0 heterocycles. The van der Waals surface area contributed by atoms with Crippen LogP contribution in [0.4, 0.5) is 0 Å². The molecule has 0 fully saturated rings. The molecule has 3 aromatic carbocycles. The zero-order valence-corrected chi connectivity index (χ0v) is 18.7. The van der Waals surface area contributed by atoms with Crippen LogP contribution in [0.15, 0.2) is 72.8 Å². The van der Waals surface area contributed by atoms with Gasteiger partial charge < -0.3 is 5.32 Å². The normalized spacial score (nSPS) is 13.6. The van der Waals surface area contributed by atoms with Gasteiger partial charge in [-0.25, -0.2) is 0 Å². The van der Waals surface area contributed by atoms with E-state index in [0.29, 0.717) is 22.0 Å². The molecule has 0 amide bonds. The zero-order valence-electron chi connectivity index (χ0n) is 17.2. The maximum absolute atomic E-state index is 9.39. The van der Waals surface area contributed by atoms with Crippen molar-refractivity contribution in [1.29, 1.82) is 10.5 Å². The molecular weight excluding hydrogens is 425 g/mol. The Morgan fingerprint density at radius 3 is 2.26 bits per heavy atom. The molecule has 0 aliphatic rings. The summed E-state index contributed by atoms with van der Waals surface area (Å²) in [6.45, 7) is 2.12. The molecule has 0 aliphatic carbocycles. The summed E-state index contributed by atoms with van der Waals surface area (Å²) in [4.78, 5) is 0. The van der Waals surface area contributed by atoms with Crippen LogP contribution in [0.2, 0.25) is 10.0 Å². The Morgan fingerprint density at radius 2 is 1.58 bits per heavy atom. The van der Waals surface area contributed by atoms with Crippen LogP contribution in [0, 0.1) is 22.7 Å². The Balaban J connectivity index is 1.91. The van der Waals surface area contributed by atoms with Crippen molar-refractivity contribution in [2.24, 2.45) is 0 Å². The molecule has 0 aliphatic heterocycles. The molecule has 2 unspecified atom stereocenters. The second kappa shape index (κ2) is 11.0. The summed E-state index contributed by atoms with van der Waals surface area (Å²) in [7, 11) is 0. The van der Waals surface area contributed by atoms with Crippen molar-refractivity contribution in [1.82, 2.24) is 5.32 Å². The van der Waals surface area contributed by atoms with Crippen molar-refractivity contribution < 1.29 is 0 Å². The topological polar surface area (TPSA) is 59.6 Å². The predicted molar refractivity (Wildman–Crippen MR) is 126 cm³/mol. The maximum atomic E-state index is 9.39. The molecule has 5 heteroatoms. The number of benzene rings is 3. The van der Waals surface area contributed by atoms with E-state index >= 15 is 0 Å². The van der Waals surface area contributed by atoms with Crippen LogP contribution >= 0.6 is 23.2 Å². The van der Waals surface area contributed by atoms with Gasteiger partial charge in [-0.2, -0.15) is 10.5 Å². The van der Waals surface area contributed by atoms with Gasteiger partial charge in [-0.3, -0.25) is 0 Å². The van der Waals surface area contributed by atoms with E-state index < -0.39 is 0 Å². The predicted octanol–water partition coefficient (Wildman–Crippen LogP) is 6.82. The third-order valence-electron chi connectivity index (χ3n) is 5.43. The molecule has 3 nitrogen and oxygen atoms in total. The Morgan fingerprint density at radius 1 is 0.871 bits per heavy atom. The SMILES string of the molecule is CC(N[C@@H](CC#N)c1cccc(Cl)c1)C(Cc1ccc(Cl)cc1)c1cccc(C#N)c1. The van der Waals surface area contributed by atoms with Crippen molar-refractivity contribution in [2.75, 3.05) is 0 Å². The van der Waals surface area contributed by atoms with E-state index in [1.165, 1.54) is 0 Å². The lowest BCUT2D eigenvalue weighted by atomic mass is 9.85. The van der Waals surface area contributed by atoms with E-state index in [4.69, 9.17) is 23.2 Å². The molecule has 0 aromatic heterocycles. The Bertz CT molecular complexity index is 1100. The lowest BCUT2D eigenvalue weighted by Gasteiger charge is -2.30. The van der Waals surface area contributed by atoms with Gasteiger partial charge >= 0.3 is 0 Å². The number of hydrogen-bond acceptors (Lipinski definition) is 3. The van der Waals surface area contributed by atoms with Gasteiger partial charge in [0.2, 0.25) is 0 Å². The van der Waals surface area contributed by atoms with Gasteiger partial charge in [0, 0.05) is 28.0 Å². The van der Waals surface area contributed by atoms with Crippen LogP contribution in [0.25, 0.3) is 0 Å². The van der Waals surface area contributed by atoms with E-state index in [1.54, 1.807) is 0 Å². The molecule has 0 saturated carbocycles. The number of halogens is 2. The minimum absolute atomic E-state index is 0.0296. The Labute approximate surface area is 193 Å². The zero-order chi connectivity index (χ0) is 22.2. The standard InChI is InChI=1S/C26H23Cl2N3/c1-18(31-26(12-13-29)22-6-3-7-24(28)16-22)25(15-19-8-10-23(27)11-9-19)21-5-2-4-20(14-21)17-30/h2-11,14,16,18,25-26,31H,12,15H2,1H3/t18?,25?,26-/m0/s1. The molecule has 1 N–H and O–H groups in total. The highest BCUT2D eigenvalue weighted by Gasteiger charge is 2.24. The highest BCUT2D eigenvalue weighted by Crippen LogP contribution is 2.29. The highest BCUT2D eigenvalue weighted by atomic mass is 35.5. The largest absolute Gasteiger partial charge is 0.306 e. The lowest BCUT2D eigenvalue weighted by Crippen LogP contribution is -2.36. The Kier molecular flexibility index (Phi) is 8.10. The molecular formula is C26H23Cl2N3. The average molecular weight is 448 g/mol. The Hall–Kier alpha value is -2.82. The third-order valence-corrected chi connectivity index (χ3v) is 5.91. The van der Waals surface area contributed by atoms with Crippen LogP contribution in [0.1, 0.15) is 47.6 Å². The second-order valence-corrected chi connectivity index (χ2v) is 8.47. The third kappa shape index (κ3) is 6.33. The van der Waals surface area contributed by atoms with Crippen molar-refractivity contribution in [3.63, 3.8) is 0 Å². The number of nitrogens with zero attached hydrogens (tertiary/aromatic N) is 2. The van der Waals surface area contributed by atoms with Gasteiger partial charge in [0.15, 0.2) is 0 Å². The minimum atomic E-state index is -0.148. The fraction of sp³-hybridized carbons (Fsp3) is 0.231. The quantitative estimate of drug-likeness (QED) is 0.411. The maximum Gasteiger partial charge on any atom is 0.0991 e. The molecule has 31 heavy (non-hydrogen) atoms. The number of hydrogen-bond donors (Lipinski definition) is 1. The van der Waals surface area contributed by atoms with Crippen molar-refractivity contribution in [3.05, 3.63) is 105 Å². The van der Waals surface area contributed by atoms with Crippen molar-refractivity contribution >= 4 is 23.2 Å². The molecule has 0 saturated heterocycles. The molecule has 156 valence electrons. The average Bonchev–Trinajstić information content (AvgIpc) is 2.78. The number of rotatable bonds is 8. The van der Waals surface area contributed by atoms with Gasteiger partial charge in [0.25, 0.3) is 0 Å². The van der Waals surface area contributed by atoms with Crippen LogP contribution in [0.3, 0.4) is 0 Å². The first-order valence-electron chi connectivity index (χ1n) is 10.1. The monoisotopic (exact) mass is 447 g/mol. The summed E-state index contributed by atoms with van der Waals surface area (Å²) >= 11 is 12.2. The molecule has 3 aromatic rings. The van der Waals surface area contributed by atoms with Crippen LogP contribution in [0.5, 0.6) is 0 Å². The van der Waals surface area contributed by atoms with Crippen molar-refractivity contribution in [3.8, 4) is 12.1 Å². The summed E-state index contributed by atoms with van der Waals surface area (Å²) in [6.07, 6.45) is 1.10. The summed E-state index contributed by atoms with van der Waals surface area (Å²) in [5, 5.41) is 23.7. The van der Waals surface area contributed by atoms with Gasteiger partial charge in [-0.05, 0) is 66.4 Å². The van der Waals surface area contributed by atoms with Crippen LogP contribution in [-0.2, 0) is 6.42 Å². The lowest BCUT2D eigenvalue weighted by molar-refractivity contribution is 0.401. The number of nitriles is 2. The number of nitrogens with one attached hydrogen (secondary N) is 1. The van der Waals surface area contributed by atoms with Gasteiger partial charge in [0.1, 0.15) is 0 Å². The summed E-state index contributed by atoms with van der Waals surface area (Å²) < 4.78 is 0. The highest BCUT2D eigenvalue weighted by molar-refractivity contribution is 6.30. The summed E-state index contributed by atoms with van der Waals surface area (Å²) in [5.74, 6) is 0.0925. The molecule has 3 rings (SSSR count).